The SMILES string of the molecule is CCCCCC(=O)N(NC(=O)c1ccc(-c2ccccc2C(F)(F)F)[nH]1)/C(=C\CCCC(N)=O)C(=O)OCC. The lowest BCUT2D eigenvalue weighted by atomic mass is 10.0. The van der Waals surface area contributed by atoms with E-state index < -0.39 is 35.4 Å². The molecule has 12 heteroatoms. The Bertz CT molecular complexity index is 1190. The smallest absolute Gasteiger partial charge is 0.417 e. The Kier molecular flexibility index (Phi) is 11.8. The maximum absolute atomic E-state index is 13.5. The van der Waals surface area contributed by atoms with Crippen LogP contribution in [0.1, 0.15) is 74.8 Å². The summed E-state index contributed by atoms with van der Waals surface area (Å²) in [7, 11) is 0. The average Bonchev–Trinajstić information content (AvgIpc) is 3.37. The maximum atomic E-state index is 13.5. The Labute approximate surface area is 224 Å². The normalized spacial score (nSPS) is 11.7. The van der Waals surface area contributed by atoms with E-state index in [0.29, 0.717) is 12.8 Å². The van der Waals surface area contributed by atoms with Gasteiger partial charge in [0.25, 0.3) is 5.91 Å². The van der Waals surface area contributed by atoms with Gasteiger partial charge in [-0.1, -0.05) is 44.0 Å². The summed E-state index contributed by atoms with van der Waals surface area (Å²) in [6, 6.07) is 7.50. The van der Waals surface area contributed by atoms with E-state index >= 15 is 0 Å². The first kappa shape index (κ1) is 31.1. The van der Waals surface area contributed by atoms with Crippen LogP contribution in [0.2, 0.25) is 0 Å². The third-order valence-electron chi connectivity index (χ3n) is 5.60. The van der Waals surface area contributed by atoms with E-state index in [1.165, 1.54) is 36.4 Å². The highest BCUT2D eigenvalue weighted by Crippen LogP contribution is 2.36. The summed E-state index contributed by atoms with van der Waals surface area (Å²) in [4.78, 5) is 52.7. The van der Waals surface area contributed by atoms with Crippen molar-refractivity contribution >= 4 is 23.7 Å². The lowest BCUT2D eigenvalue weighted by Gasteiger charge is -2.25. The lowest BCUT2D eigenvalue weighted by Crippen LogP contribution is -2.47. The van der Waals surface area contributed by atoms with Gasteiger partial charge in [-0.2, -0.15) is 13.2 Å². The summed E-state index contributed by atoms with van der Waals surface area (Å²) in [6.45, 7) is 3.53. The number of hydrazine groups is 1. The number of rotatable bonds is 13. The molecular formula is C27H33F3N4O5. The molecule has 0 radical (unpaired) electrons. The van der Waals surface area contributed by atoms with Gasteiger partial charge in [0, 0.05) is 24.1 Å². The highest BCUT2D eigenvalue weighted by molar-refractivity contribution is 5.98. The Morgan fingerprint density at radius 2 is 1.74 bits per heavy atom. The number of aromatic amines is 1. The number of allylic oxidation sites excluding steroid dienone is 1. The molecule has 0 unspecified atom stereocenters. The zero-order valence-corrected chi connectivity index (χ0v) is 21.9. The maximum Gasteiger partial charge on any atom is 0.417 e. The number of nitrogens with one attached hydrogen (secondary N) is 2. The number of benzene rings is 1. The number of unbranched alkanes of at least 4 members (excludes halogenated alkanes) is 3. The second kappa shape index (κ2) is 14.7. The molecule has 212 valence electrons. The Morgan fingerprint density at radius 3 is 2.38 bits per heavy atom. The number of halogens is 3. The van der Waals surface area contributed by atoms with Crippen molar-refractivity contribution in [1.82, 2.24) is 15.4 Å². The zero-order chi connectivity index (χ0) is 29.0. The number of alkyl halides is 3. The quantitative estimate of drug-likeness (QED) is 0.142. The standard InChI is InChI=1S/C27H33F3N4O5/c1-3-5-6-15-24(36)34(22(26(38)39-4-2)13-9-10-14-23(31)35)33-25(37)21-17-16-20(32-21)18-11-7-8-12-19(18)27(28,29)30/h7-8,11-13,16-17,32H,3-6,9-10,14-15H2,1-2H3,(H2,31,35)(H,33,37)/b22-13-. The molecule has 2 aromatic rings. The highest BCUT2D eigenvalue weighted by atomic mass is 19.4. The number of hydrogen-bond donors (Lipinski definition) is 3. The average molecular weight is 551 g/mol. The topological polar surface area (TPSA) is 135 Å². The minimum Gasteiger partial charge on any atom is -0.461 e. The van der Waals surface area contributed by atoms with Gasteiger partial charge >= 0.3 is 12.1 Å². The highest BCUT2D eigenvalue weighted by Gasteiger charge is 2.34. The van der Waals surface area contributed by atoms with Crippen molar-refractivity contribution in [1.29, 1.82) is 0 Å². The Balaban J connectivity index is 2.38. The summed E-state index contributed by atoms with van der Waals surface area (Å²) < 4.78 is 45.5. The minimum absolute atomic E-state index is 0.00186. The van der Waals surface area contributed by atoms with Gasteiger partial charge in [-0.05, 0) is 44.4 Å². The first-order chi connectivity index (χ1) is 18.5. The molecule has 0 aliphatic carbocycles. The Hall–Kier alpha value is -4.09. The van der Waals surface area contributed by atoms with Crippen molar-refractivity contribution in [3.63, 3.8) is 0 Å². The van der Waals surface area contributed by atoms with Crippen LogP contribution in [-0.4, -0.2) is 40.3 Å². The van der Waals surface area contributed by atoms with Crippen molar-refractivity contribution in [3.8, 4) is 11.3 Å². The molecule has 0 atom stereocenters. The molecule has 0 saturated carbocycles. The molecule has 3 amide bonds. The van der Waals surface area contributed by atoms with E-state index in [0.717, 1.165) is 23.9 Å². The van der Waals surface area contributed by atoms with Crippen LogP contribution in [0.3, 0.4) is 0 Å². The number of carbonyl (C=O) groups excluding carboxylic acids is 4. The molecule has 0 bridgehead atoms. The molecule has 4 N–H and O–H groups in total. The molecule has 0 saturated heterocycles. The number of esters is 1. The van der Waals surface area contributed by atoms with Crippen molar-refractivity contribution < 1.29 is 37.1 Å². The lowest BCUT2D eigenvalue weighted by molar-refractivity contribution is -0.145. The van der Waals surface area contributed by atoms with E-state index in [1.807, 2.05) is 6.92 Å². The van der Waals surface area contributed by atoms with E-state index in [-0.39, 0.29) is 48.5 Å². The van der Waals surface area contributed by atoms with Gasteiger partial charge in [-0.3, -0.25) is 19.8 Å². The molecule has 1 aromatic heterocycles. The number of amides is 3. The van der Waals surface area contributed by atoms with Crippen molar-refractivity contribution in [2.24, 2.45) is 5.73 Å². The van der Waals surface area contributed by atoms with Gasteiger partial charge in [-0.15, -0.1) is 0 Å². The zero-order valence-electron chi connectivity index (χ0n) is 21.9. The molecule has 0 aliphatic heterocycles. The molecule has 0 spiro atoms. The van der Waals surface area contributed by atoms with Crippen molar-refractivity contribution in [2.75, 3.05) is 6.61 Å². The fourth-order valence-corrected chi connectivity index (χ4v) is 3.69. The van der Waals surface area contributed by atoms with Gasteiger partial charge in [-0.25, -0.2) is 9.80 Å². The molecule has 1 heterocycles. The monoisotopic (exact) mass is 550 g/mol. The van der Waals surface area contributed by atoms with Gasteiger partial charge in [0.2, 0.25) is 11.8 Å². The Morgan fingerprint density at radius 1 is 1.03 bits per heavy atom. The van der Waals surface area contributed by atoms with Crippen LogP contribution in [0, 0.1) is 0 Å². The minimum atomic E-state index is -4.61. The van der Waals surface area contributed by atoms with Crippen molar-refractivity contribution in [3.05, 3.63) is 59.4 Å². The number of ether oxygens (including phenoxy) is 1. The van der Waals surface area contributed by atoms with E-state index in [2.05, 4.69) is 10.4 Å². The summed E-state index contributed by atoms with van der Waals surface area (Å²) in [5.74, 6) is -2.84. The first-order valence-electron chi connectivity index (χ1n) is 12.6. The molecule has 1 aromatic carbocycles. The fourth-order valence-electron chi connectivity index (χ4n) is 3.69. The summed E-state index contributed by atoms with van der Waals surface area (Å²) in [6.07, 6.45) is -0.621. The summed E-state index contributed by atoms with van der Waals surface area (Å²) in [5.41, 5.74) is 6.18. The van der Waals surface area contributed by atoms with Gasteiger partial charge in [0.15, 0.2) is 0 Å². The number of carbonyl (C=O) groups is 4. The number of aromatic nitrogens is 1. The second-order valence-corrected chi connectivity index (χ2v) is 8.62. The van der Waals surface area contributed by atoms with Crippen LogP contribution >= 0.6 is 0 Å². The third-order valence-corrected chi connectivity index (χ3v) is 5.60. The summed E-state index contributed by atoms with van der Waals surface area (Å²) in [5, 5.41) is 0.796. The van der Waals surface area contributed by atoms with Crippen LogP contribution in [0.5, 0.6) is 0 Å². The largest absolute Gasteiger partial charge is 0.461 e. The number of primary amides is 1. The predicted octanol–water partition coefficient (Wildman–Crippen LogP) is 4.86. The van der Waals surface area contributed by atoms with Gasteiger partial charge in [0.05, 0.1) is 12.2 Å². The van der Waals surface area contributed by atoms with Gasteiger partial charge in [0.1, 0.15) is 11.4 Å². The van der Waals surface area contributed by atoms with Gasteiger partial charge < -0.3 is 15.5 Å². The molecule has 0 fully saturated rings. The number of hydrogen-bond acceptors (Lipinski definition) is 5. The number of nitrogens with two attached hydrogens (primary N) is 1. The molecular weight excluding hydrogens is 517 g/mol. The van der Waals surface area contributed by atoms with E-state index in [1.54, 1.807) is 6.92 Å². The van der Waals surface area contributed by atoms with Crippen LogP contribution in [0.15, 0.2) is 48.2 Å². The number of nitrogens with zero attached hydrogens (tertiary/aromatic N) is 1. The third kappa shape index (κ3) is 9.31. The fraction of sp³-hybridized carbons (Fsp3) is 0.407. The summed E-state index contributed by atoms with van der Waals surface area (Å²) >= 11 is 0. The molecule has 0 aliphatic rings. The number of H-pyrrole nitrogens is 1. The van der Waals surface area contributed by atoms with Crippen LogP contribution in [0.4, 0.5) is 13.2 Å². The molecule has 39 heavy (non-hydrogen) atoms. The van der Waals surface area contributed by atoms with Crippen LogP contribution < -0.4 is 11.2 Å². The first-order valence-corrected chi connectivity index (χ1v) is 12.6. The van der Waals surface area contributed by atoms with E-state index in [9.17, 15) is 32.3 Å². The van der Waals surface area contributed by atoms with Crippen LogP contribution in [-0.2, 0) is 25.3 Å². The molecule has 2 rings (SSSR count). The van der Waals surface area contributed by atoms with Crippen LogP contribution in [0.25, 0.3) is 11.3 Å². The van der Waals surface area contributed by atoms with E-state index in [4.69, 9.17) is 10.5 Å². The second-order valence-electron chi connectivity index (χ2n) is 8.62. The van der Waals surface area contributed by atoms with Crippen molar-refractivity contribution in [2.45, 2.75) is 65.0 Å². The molecule has 9 nitrogen and oxygen atoms in total. The predicted molar refractivity (Wildman–Crippen MR) is 137 cm³/mol.